The zero-order valence-corrected chi connectivity index (χ0v) is 13.8. The van der Waals surface area contributed by atoms with Crippen LogP contribution in [0.4, 0.5) is 0 Å². The summed E-state index contributed by atoms with van der Waals surface area (Å²) in [5.74, 6) is 2.79. The molecule has 0 N–H and O–H groups in total. The number of benzene rings is 2. The quantitative estimate of drug-likeness (QED) is 0.730. The third kappa shape index (κ3) is 2.29. The van der Waals surface area contributed by atoms with Gasteiger partial charge in [0, 0.05) is 10.9 Å². The Labute approximate surface area is 139 Å². The number of hydrogen-bond donors (Lipinski definition) is 0. The standard InChI is InChI=1S/C19H17NO4/c1-11-6-16(20-15-5-4-13(21-2)9-14(11)15)12-7-17(22-3)19-18(8-12)23-10-24-19/h4-9H,10H2,1-3H3. The summed E-state index contributed by atoms with van der Waals surface area (Å²) in [6.07, 6.45) is 0. The monoisotopic (exact) mass is 323 g/mol. The van der Waals surface area contributed by atoms with E-state index < -0.39 is 0 Å². The minimum atomic E-state index is 0.207. The van der Waals surface area contributed by atoms with Crippen LogP contribution in [0, 0.1) is 6.92 Å². The average Bonchev–Trinajstić information content (AvgIpc) is 3.09. The van der Waals surface area contributed by atoms with Crippen LogP contribution in [0.25, 0.3) is 22.2 Å². The number of rotatable bonds is 3. The zero-order valence-electron chi connectivity index (χ0n) is 13.8. The van der Waals surface area contributed by atoms with Gasteiger partial charge in [-0.05, 0) is 48.9 Å². The van der Waals surface area contributed by atoms with Crippen LogP contribution < -0.4 is 18.9 Å². The largest absolute Gasteiger partial charge is 0.497 e. The molecule has 3 aromatic rings. The molecule has 2 aromatic carbocycles. The lowest BCUT2D eigenvalue weighted by molar-refractivity contribution is 0.171. The Morgan fingerprint density at radius 2 is 1.88 bits per heavy atom. The first-order valence-electron chi connectivity index (χ1n) is 7.63. The number of pyridine rings is 1. The first-order chi connectivity index (χ1) is 11.7. The summed E-state index contributed by atoms with van der Waals surface area (Å²) in [7, 11) is 3.28. The Morgan fingerprint density at radius 3 is 2.67 bits per heavy atom. The molecule has 0 spiro atoms. The first-order valence-corrected chi connectivity index (χ1v) is 7.63. The minimum Gasteiger partial charge on any atom is -0.497 e. The molecule has 0 saturated carbocycles. The number of nitrogens with zero attached hydrogens (tertiary/aromatic N) is 1. The van der Waals surface area contributed by atoms with Gasteiger partial charge in [-0.2, -0.15) is 0 Å². The Morgan fingerprint density at radius 1 is 1.00 bits per heavy atom. The normalized spacial score (nSPS) is 12.5. The second kappa shape index (κ2) is 5.60. The van der Waals surface area contributed by atoms with Gasteiger partial charge in [0.1, 0.15) is 5.75 Å². The number of ether oxygens (including phenoxy) is 4. The number of aryl methyl sites for hydroxylation is 1. The van der Waals surface area contributed by atoms with E-state index in [0.29, 0.717) is 17.2 Å². The molecule has 0 atom stereocenters. The molecular weight excluding hydrogens is 306 g/mol. The van der Waals surface area contributed by atoms with E-state index in [2.05, 4.69) is 13.0 Å². The van der Waals surface area contributed by atoms with Gasteiger partial charge in [-0.3, -0.25) is 0 Å². The lowest BCUT2D eigenvalue weighted by Gasteiger charge is -2.11. The smallest absolute Gasteiger partial charge is 0.231 e. The molecule has 1 aliphatic rings. The van der Waals surface area contributed by atoms with E-state index >= 15 is 0 Å². The van der Waals surface area contributed by atoms with Crippen LogP contribution in [0.3, 0.4) is 0 Å². The van der Waals surface area contributed by atoms with Gasteiger partial charge in [-0.1, -0.05) is 0 Å². The van der Waals surface area contributed by atoms with Gasteiger partial charge in [0.05, 0.1) is 25.4 Å². The van der Waals surface area contributed by atoms with Crippen LogP contribution in [-0.2, 0) is 0 Å². The van der Waals surface area contributed by atoms with Gasteiger partial charge in [0.2, 0.25) is 12.5 Å². The van der Waals surface area contributed by atoms with E-state index in [1.165, 1.54) is 0 Å². The van der Waals surface area contributed by atoms with Gasteiger partial charge in [-0.25, -0.2) is 4.98 Å². The molecule has 2 heterocycles. The second-order valence-electron chi connectivity index (χ2n) is 5.62. The zero-order chi connectivity index (χ0) is 16.7. The third-order valence-electron chi connectivity index (χ3n) is 4.18. The van der Waals surface area contributed by atoms with E-state index in [4.69, 9.17) is 23.9 Å². The highest BCUT2D eigenvalue weighted by molar-refractivity contribution is 5.86. The van der Waals surface area contributed by atoms with Crippen molar-refractivity contribution < 1.29 is 18.9 Å². The van der Waals surface area contributed by atoms with Crippen LogP contribution >= 0.6 is 0 Å². The molecule has 0 aliphatic carbocycles. The highest BCUT2D eigenvalue weighted by Crippen LogP contribution is 2.44. The van der Waals surface area contributed by atoms with E-state index in [0.717, 1.165) is 33.5 Å². The molecule has 4 rings (SSSR count). The van der Waals surface area contributed by atoms with Crippen LogP contribution in [-0.4, -0.2) is 26.0 Å². The molecule has 0 bridgehead atoms. The van der Waals surface area contributed by atoms with E-state index in [1.54, 1.807) is 14.2 Å². The predicted molar refractivity (Wildman–Crippen MR) is 91.1 cm³/mol. The number of fused-ring (bicyclic) bond motifs is 2. The highest BCUT2D eigenvalue weighted by atomic mass is 16.7. The van der Waals surface area contributed by atoms with Crippen molar-refractivity contribution in [3.05, 3.63) is 42.0 Å². The predicted octanol–water partition coefficient (Wildman–Crippen LogP) is 3.96. The summed E-state index contributed by atoms with van der Waals surface area (Å²) in [6.45, 7) is 2.27. The van der Waals surface area contributed by atoms with Crippen molar-refractivity contribution >= 4 is 10.9 Å². The van der Waals surface area contributed by atoms with Crippen molar-refractivity contribution in [1.29, 1.82) is 0 Å². The third-order valence-corrected chi connectivity index (χ3v) is 4.18. The van der Waals surface area contributed by atoms with Gasteiger partial charge >= 0.3 is 0 Å². The van der Waals surface area contributed by atoms with Gasteiger partial charge in [0.25, 0.3) is 0 Å². The fraction of sp³-hybridized carbons (Fsp3) is 0.211. The lowest BCUT2D eigenvalue weighted by atomic mass is 10.0. The van der Waals surface area contributed by atoms with E-state index in [-0.39, 0.29) is 6.79 Å². The van der Waals surface area contributed by atoms with Gasteiger partial charge < -0.3 is 18.9 Å². The maximum Gasteiger partial charge on any atom is 0.231 e. The van der Waals surface area contributed by atoms with Crippen molar-refractivity contribution in [2.45, 2.75) is 6.92 Å². The maximum absolute atomic E-state index is 5.50. The maximum atomic E-state index is 5.50. The first kappa shape index (κ1) is 14.6. The van der Waals surface area contributed by atoms with Crippen molar-refractivity contribution in [3.63, 3.8) is 0 Å². The average molecular weight is 323 g/mol. The fourth-order valence-electron chi connectivity index (χ4n) is 2.93. The number of methoxy groups -OCH3 is 2. The molecule has 1 aromatic heterocycles. The summed E-state index contributed by atoms with van der Waals surface area (Å²) >= 11 is 0. The number of aromatic nitrogens is 1. The van der Waals surface area contributed by atoms with Gasteiger partial charge in [0.15, 0.2) is 11.5 Å². The van der Waals surface area contributed by atoms with E-state index in [1.807, 2.05) is 30.3 Å². The van der Waals surface area contributed by atoms with Crippen LogP contribution in [0.15, 0.2) is 36.4 Å². The summed E-state index contributed by atoms with van der Waals surface area (Å²) in [5, 5.41) is 1.07. The van der Waals surface area contributed by atoms with Crippen molar-refractivity contribution in [3.8, 4) is 34.3 Å². The molecular formula is C19H17NO4. The molecule has 1 aliphatic heterocycles. The van der Waals surface area contributed by atoms with E-state index in [9.17, 15) is 0 Å². The summed E-state index contributed by atoms with van der Waals surface area (Å²) in [6, 6.07) is 11.8. The molecule has 0 unspecified atom stereocenters. The summed E-state index contributed by atoms with van der Waals surface area (Å²) < 4.78 is 21.7. The van der Waals surface area contributed by atoms with Crippen molar-refractivity contribution in [2.75, 3.05) is 21.0 Å². The molecule has 24 heavy (non-hydrogen) atoms. The molecule has 5 nitrogen and oxygen atoms in total. The molecule has 0 fully saturated rings. The fourth-order valence-corrected chi connectivity index (χ4v) is 2.93. The summed E-state index contributed by atoms with van der Waals surface area (Å²) in [4.78, 5) is 4.78. The summed E-state index contributed by atoms with van der Waals surface area (Å²) in [5.41, 5.74) is 3.84. The Bertz CT molecular complexity index is 936. The van der Waals surface area contributed by atoms with Gasteiger partial charge in [-0.15, -0.1) is 0 Å². The van der Waals surface area contributed by atoms with Crippen LogP contribution in [0.2, 0.25) is 0 Å². The Balaban J connectivity index is 1.88. The molecule has 0 radical (unpaired) electrons. The SMILES string of the molecule is COc1ccc2nc(-c3cc(OC)c4c(c3)OCO4)cc(C)c2c1. The topological polar surface area (TPSA) is 49.8 Å². The molecule has 0 saturated heterocycles. The van der Waals surface area contributed by atoms with Crippen LogP contribution in [0.1, 0.15) is 5.56 Å². The van der Waals surface area contributed by atoms with Crippen LogP contribution in [0.5, 0.6) is 23.0 Å². The lowest BCUT2D eigenvalue weighted by Crippen LogP contribution is -1.93. The Kier molecular flexibility index (Phi) is 3.41. The minimum absolute atomic E-state index is 0.207. The molecule has 5 heteroatoms. The second-order valence-corrected chi connectivity index (χ2v) is 5.62. The van der Waals surface area contributed by atoms with Crippen molar-refractivity contribution in [1.82, 2.24) is 4.98 Å². The molecule has 0 amide bonds. The highest BCUT2D eigenvalue weighted by Gasteiger charge is 2.21. The molecule has 122 valence electrons. The van der Waals surface area contributed by atoms with Crippen molar-refractivity contribution in [2.24, 2.45) is 0 Å². The number of hydrogen-bond acceptors (Lipinski definition) is 5. The Hall–Kier alpha value is -2.95.